The van der Waals surface area contributed by atoms with Gasteiger partial charge in [-0.15, -0.1) is 0 Å². The summed E-state index contributed by atoms with van der Waals surface area (Å²) in [4.78, 5) is 11.7. The summed E-state index contributed by atoms with van der Waals surface area (Å²) in [5, 5.41) is 3.22. The number of esters is 1. The number of ether oxygens (including phenoxy) is 1. The second kappa shape index (κ2) is 5.70. The number of nitrogens with one attached hydrogen (secondary N) is 1. The van der Waals surface area contributed by atoms with Crippen molar-refractivity contribution in [2.45, 2.75) is 38.8 Å². The first-order valence-electron chi connectivity index (χ1n) is 5.47. The van der Waals surface area contributed by atoms with Crippen LogP contribution < -0.4 is 5.32 Å². The lowest BCUT2D eigenvalue weighted by molar-refractivity contribution is -0.148. The lowest BCUT2D eigenvalue weighted by atomic mass is 9.96. The number of carbonyl (C=O) groups excluding carboxylic acids is 1. The Kier molecular flexibility index (Phi) is 4.55. The lowest BCUT2D eigenvalue weighted by Crippen LogP contribution is -2.49. The van der Waals surface area contributed by atoms with E-state index < -0.39 is 5.54 Å². The van der Waals surface area contributed by atoms with Crippen molar-refractivity contribution < 1.29 is 13.9 Å². The van der Waals surface area contributed by atoms with Crippen molar-refractivity contribution >= 4 is 5.97 Å². The minimum absolute atomic E-state index is 0.224. The third-order valence-electron chi connectivity index (χ3n) is 2.65. The molecule has 4 heteroatoms. The van der Waals surface area contributed by atoms with Crippen molar-refractivity contribution in [1.29, 1.82) is 0 Å². The molecule has 0 amide bonds. The van der Waals surface area contributed by atoms with Gasteiger partial charge in [0.2, 0.25) is 0 Å². The highest BCUT2D eigenvalue weighted by Gasteiger charge is 2.32. The molecule has 16 heavy (non-hydrogen) atoms. The zero-order chi connectivity index (χ0) is 12.0. The van der Waals surface area contributed by atoms with Gasteiger partial charge in [0.1, 0.15) is 5.54 Å². The van der Waals surface area contributed by atoms with Gasteiger partial charge >= 0.3 is 5.97 Å². The maximum atomic E-state index is 11.7. The van der Waals surface area contributed by atoms with Crippen LogP contribution in [-0.4, -0.2) is 18.6 Å². The molecule has 1 atom stereocenters. The highest BCUT2D eigenvalue weighted by atomic mass is 16.5. The average Bonchev–Trinajstić information content (AvgIpc) is 2.78. The average molecular weight is 225 g/mol. The molecule has 0 fully saturated rings. The second-order valence-electron chi connectivity index (χ2n) is 4.06. The monoisotopic (exact) mass is 225 g/mol. The Hall–Kier alpha value is -1.29. The molecular formula is C12H19NO3. The zero-order valence-electron chi connectivity index (χ0n) is 10.1. The van der Waals surface area contributed by atoms with Crippen molar-refractivity contribution in [1.82, 2.24) is 5.32 Å². The van der Waals surface area contributed by atoms with E-state index in [9.17, 15) is 4.79 Å². The van der Waals surface area contributed by atoms with E-state index in [0.29, 0.717) is 6.54 Å². The molecule has 90 valence electrons. The maximum Gasteiger partial charge on any atom is 0.325 e. The van der Waals surface area contributed by atoms with E-state index in [1.807, 2.05) is 19.9 Å². The molecule has 1 N–H and O–H groups in total. The van der Waals surface area contributed by atoms with Crippen molar-refractivity contribution in [2.24, 2.45) is 0 Å². The number of carbonyl (C=O) groups is 1. The smallest absolute Gasteiger partial charge is 0.325 e. The van der Waals surface area contributed by atoms with Gasteiger partial charge in [-0.1, -0.05) is 13.3 Å². The van der Waals surface area contributed by atoms with Crippen molar-refractivity contribution in [3.63, 3.8) is 0 Å². The van der Waals surface area contributed by atoms with E-state index >= 15 is 0 Å². The van der Waals surface area contributed by atoms with E-state index in [4.69, 9.17) is 9.15 Å². The fraction of sp³-hybridized carbons (Fsp3) is 0.583. The van der Waals surface area contributed by atoms with Crippen LogP contribution in [0.25, 0.3) is 0 Å². The van der Waals surface area contributed by atoms with Crippen LogP contribution in [0.5, 0.6) is 0 Å². The second-order valence-corrected chi connectivity index (χ2v) is 4.06. The first kappa shape index (κ1) is 12.8. The molecule has 0 aliphatic heterocycles. The number of hydrogen-bond donors (Lipinski definition) is 1. The van der Waals surface area contributed by atoms with Crippen LogP contribution in [0.15, 0.2) is 23.0 Å². The third kappa shape index (κ3) is 3.10. The topological polar surface area (TPSA) is 51.5 Å². The Morgan fingerprint density at radius 3 is 2.88 bits per heavy atom. The molecule has 1 unspecified atom stereocenters. The summed E-state index contributed by atoms with van der Waals surface area (Å²) in [7, 11) is 1.41. The molecule has 0 spiro atoms. The number of rotatable bonds is 6. The molecule has 0 aliphatic carbocycles. The molecule has 0 saturated heterocycles. The van der Waals surface area contributed by atoms with Crippen LogP contribution in [0, 0.1) is 0 Å². The van der Waals surface area contributed by atoms with Crippen LogP contribution in [-0.2, 0) is 16.1 Å². The summed E-state index contributed by atoms with van der Waals surface area (Å²) >= 11 is 0. The van der Waals surface area contributed by atoms with E-state index in [1.165, 1.54) is 7.11 Å². The zero-order valence-corrected chi connectivity index (χ0v) is 10.1. The van der Waals surface area contributed by atoms with Gasteiger partial charge in [0, 0.05) is 12.1 Å². The SMILES string of the molecule is CCCC(C)(NCc1ccoc1)C(=O)OC. The Morgan fingerprint density at radius 1 is 1.62 bits per heavy atom. The number of methoxy groups -OCH3 is 1. The summed E-state index contributed by atoms with van der Waals surface area (Å²) < 4.78 is 9.78. The van der Waals surface area contributed by atoms with Gasteiger partial charge < -0.3 is 9.15 Å². The molecule has 1 aromatic rings. The number of furan rings is 1. The maximum absolute atomic E-state index is 11.7. The van der Waals surface area contributed by atoms with Gasteiger partial charge in [-0.2, -0.15) is 0 Å². The minimum atomic E-state index is -0.624. The largest absolute Gasteiger partial charge is 0.472 e. The van der Waals surface area contributed by atoms with Gasteiger partial charge in [0.25, 0.3) is 0 Å². The lowest BCUT2D eigenvalue weighted by Gasteiger charge is -2.27. The van der Waals surface area contributed by atoms with E-state index in [1.54, 1.807) is 12.5 Å². The fourth-order valence-corrected chi connectivity index (χ4v) is 1.68. The molecular weight excluding hydrogens is 206 g/mol. The van der Waals surface area contributed by atoms with Gasteiger partial charge in [-0.25, -0.2) is 0 Å². The van der Waals surface area contributed by atoms with Crippen LogP contribution in [0.3, 0.4) is 0 Å². The van der Waals surface area contributed by atoms with Crippen LogP contribution in [0.2, 0.25) is 0 Å². The predicted molar refractivity (Wildman–Crippen MR) is 60.9 cm³/mol. The van der Waals surface area contributed by atoms with Crippen LogP contribution in [0.4, 0.5) is 0 Å². The molecule has 0 bridgehead atoms. The Morgan fingerprint density at radius 2 is 2.38 bits per heavy atom. The summed E-state index contributed by atoms with van der Waals surface area (Å²) in [5.74, 6) is -0.224. The summed E-state index contributed by atoms with van der Waals surface area (Å²) in [6.45, 7) is 4.51. The van der Waals surface area contributed by atoms with E-state index in [-0.39, 0.29) is 5.97 Å². The first-order valence-corrected chi connectivity index (χ1v) is 5.47. The highest BCUT2D eigenvalue weighted by molar-refractivity contribution is 5.80. The fourth-order valence-electron chi connectivity index (χ4n) is 1.68. The van der Waals surface area contributed by atoms with E-state index in [0.717, 1.165) is 18.4 Å². The Balaban J connectivity index is 2.60. The predicted octanol–water partition coefficient (Wildman–Crippen LogP) is 2.10. The summed E-state index contributed by atoms with van der Waals surface area (Å²) in [6, 6.07) is 1.87. The normalized spacial score (nSPS) is 14.4. The van der Waals surface area contributed by atoms with Crippen molar-refractivity contribution in [3.8, 4) is 0 Å². The molecule has 1 heterocycles. The molecule has 1 rings (SSSR count). The molecule has 4 nitrogen and oxygen atoms in total. The standard InChI is InChI=1S/C12H19NO3/c1-4-6-12(2,11(14)15-3)13-8-10-5-7-16-9-10/h5,7,9,13H,4,6,8H2,1-3H3. The molecule has 0 aliphatic rings. The van der Waals surface area contributed by atoms with Gasteiger partial charge in [0.15, 0.2) is 0 Å². The molecule has 0 saturated carbocycles. The number of hydrogen-bond acceptors (Lipinski definition) is 4. The van der Waals surface area contributed by atoms with Gasteiger partial charge in [-0.3, -0.25) is 10.1 Å². The Bertz CT molecular complexity index is 321. The minimum Gasteiger partial charge on any atom is -0.472 e. The summed E-state index contributed by atoms with van der Waals surface area (Å²) in [5.41, 5.74) is 0.395. The van der Waals surface area contributed by atoms with Crippen LogP contribution >= 0.6 is 0 Å². The van der Waals surface area contributed by atoms with Crippen molar-refractivity contribution in [3.05, 3.63) is 24.2 Å². The van der Waals surface area contributed by atoms with Gasteiger partial charge in [0.05, 0.1) is 19.6 Å². The summed E-state index contributed by atoms with van der Waals surface area (Å²) in [6.07, 6.45) is 4.95. The van der Waals surface area contributed by atoms with E-state index in [2.05, 4.69) is 5.32 Å². The van der Waals surface area contributed by atoms with Crippen LogP contribution in [0.1, 0.15) is 32.3 Å². The highest BCUT2D eigenvalue weighted by Crippen LogP contribution is 2.15. The first-order chi connectivity index (χ1) is 7.62. The van der Waals surface area contributed by atoms with Crippen molar-refractivity contribution in [2.75, 3.05) is 7.11 Å². The Labute approximate surface area is 96.0 Å². The molecule has 1 aromatic heterocycles. The quantitative estimate of drug-likeness (QED) is 0.753. The molecule has 0 radical (unpaired) electrons. The third-order valence-corrected chi connectivity index (χ3v) is 2.65. The van der Waals surface area contributed by atoms with Gasteiger partial charge in [-0.05, 0) is 19.4 Å². The molecule has 0 aromatic carbocycles.